The van der Waals surface area contributed by atoms with E-state index in [9.17, 15) is 9.59 Å². The molecule has 0 bridgehead atoms. The molecule has 3 nitrogen and oxygen atoms in total. The number of rotatable bonds is 0. The van der Waals surface area contributed by atoms with Crippen LogP contribution in [0.2, 0.25) is 0 Å². The maximum atomic E-state index is 11.7. The zero-order chi connectivity index (χ0) is 11.2. The molecule has 3 heteroatoms. The first-order valence-electron chi connectivity index (χ1n) is 6.39. The lowest BCUT2D eigenvalue weighted by atomic mass is 9.62. The second kappa shape index (κ2) is 3.31. The Morgan fingerprint density at radius 2 is 1.50 bits per heavy atom. The number of hydrogen-bond acceptors (Lipinski definition) is 3. The smallest absolute Gasteiger partial charge is 0.320 e. The van der Waals surface area contributed by atoms with Crippen molar-refractivity contribution in [3.63, 3.8) is 0 Å². The molecule has 0 unspecified atom stereocenters. The summed E-state index contributed by atoms with van der Waals surface area (Å²) in [5.41, 5.74) is 0.0854. The monoisotopic (exact) mass is 222 g/mol. The predicted molar refractivity (Wildman–Crippen MR) is 57.5 cm³/mol. The van der Waals surface area contributed by atoms with E-state index in [1.807, 2.05) is 0 Å². The Balaban J connectivity index is 1.74. The average molecular weight is 222 g/mol. The number of cyclic esters (lactones) is 2. The van der Waals surface area contributed by atoms with Gasteiger partial charge in [0.25, 0.3) is 0 Å². The second-order valence-corrected chi connectivity index (χ2v) is 5.93. The molecule has 0 radical (unpaired) electrons. The number of carbonyl (C=O) groups is 2. The van der Waals surface area contributed by atoms with Crippen LogP contribution in [-0.2, 0) is 14.3 Å². The molecule has 3 fully saturated rings. The Bertz CT molecular complexity index is 329. The highest BCUT2D eigenvalue weighted by Gasteiger charge is 2.53. The Morgan fingerprint density at radius 1 is 0.875 bits per heavy atom. The molecule has 1 saturated heterocycles. The van der Waals surface area contributed by atoms with Crippen LogP contribution < -0.4 is 0 Å². The molecule has 3 aliphatic rings. The Hall–Kier alpha value is -0.860. The third-order valence-corrected chi connectivity index (χ3v) is 5.05. The van der Waals surface area contributed by atoms with Gasteiger partial charge >= 0.3 is 11.9 Å². The van der Waals surface area contributed by atoms with E-state index in [1.54, 1.807) is 0 Å². The van der Waals surface area contributed by atoms with Gasteiger partial charge in [0.15, 0.2) is 0 Å². The van der Waals surface area contributed by atoms with Gasteiger partial charge in [-0.25, -0.2) is 0 Å². The van der Waals surface area contributed by atoms with E-state index in [2.05, 4.69) is 0 Å². The summed E-state index contributed by atoms with van der Waals surface area (Å²) >= 11 is 0. The van der Waals surface area contributed by atoms with Crippen LogP contribution in [0.25, 0.3) is 0 Å². The number of carbonyl (C=O) groups excluding carboxylic acids is 2. The predicted octanol–water partition coefficient (Wildman–Crippen LogP) is 2.58. The van der Waals surface area contributed by atoms with Crippen molar-refractivity contribution in [1.29, 1.82) is 0 Å². The SMILES string of the molecule is O=C1CC2(CCC3(CCCC3)CC2)C(=O)O1. The van der Waals surface area contributed by atoms with E-state index in [0.29, 0.717) is 11.8 Å². The van der Waals surface area contributed by atoms with Gasteiger partial charge in [-0.15, -0.1) is 0 Å². The van der Waals surface area contributed by atoms with Gasteiger partial charge in [-0.1, -0.05) is 12.8 Å². The van der Waals surface area contributed by atoms with E-state index in [0.717, 1.165) is 25.7 Å². The maximum Gasteiger partial charge on any atom is 0.320 e. The van der Waals surface area contributed by atoms with Crippen molar-refractivity contribution >= 4 is 11.9 Å². The summed E-state index contributed by atoms with van der Waals surface area (Å²) in [6.07, 6.45) is 9.66. The molecular weight excluding hydrogens is 204 g/mol. The summed E-state index contributed by atoms with van der Waals surface area (Å²) in [7, 11) is 0. The molecule has 0 N–H and O–H groups in total. The maximum absolute atomic E-state index is 11.7. The van der Waals surface area contributed by atoms with Crippen LogP contribution in [0.15, 0.2) is 0 Å². The topological polar surface area (TPSA) is 43.4 Å². The zero-order valence-electron chi connectivity index (χ0n) is 9.59. The van der Waals surface area contributed by atoms with Gasteiger partial charge < -0.3 is 4.74 Å². The summed E-state index contributed by atoms with van der Waals surface area (Å²) in [5.74, 6) is -0.558. The Labute approximate surface area is 95.5 Å². The first-order valence-corrected chi connectivity index (χ1v) is 6.39. The van der Waals surface area contributed by atoms with E-state index >= 15 is 0 Å². The summed E-state index contributed by atoms with van der Waals surface area (Å²) in [6, 6.07) is 0. The molecule has 2 spiro atoms. The molecule has 88 valence electrons. The quantitative estimate of drug-likeness (QED) is 0.467. The van der Waals surface area contributed by atoms with Crippen molar-refractivity contribution in [2.45, 2.75) is 57.8 Å². The zero-order valence-corrected chi connectivity index (χ0v) is 9.59. The molecular formula is C13H18O3. The molecule has 1 aliphatic heterocycles. The Morgan fingerprint density at radius 3 is 2.00 bits per heavy atom. The van der Waals surface area contributed by atoms with Crippen molar-refractivity contribution in [2.24, 2.45) is 10.8 Å². The number of esters is 2. The summed E-state index contributed by atoms with van der Waals surface area (Å²) in [6.45, 7) is 0. The molecule has 2 aliphatic carbocycles. The molecule has 0 aromatic rings. The van der Waals surface area contributed by atoms with Crippen LogP contribution in [0.1, 0.15) is 57.8 Å². The number of hydrogen-bond donors (Lipinski definition) is 0. The fraction of sp³-hybridized carbons (Fsp3) is 0.846. The fourth-order valence-electron chi connectivity index (χ4n) is 3.86. The molecule has 0 atom stereocenters. The van der Waals surface area contributed by atoms with E-state index in [4.69, 9.17) is 4.74 Å². The van der Waals surface area contributed by atoms with Crippen LogP contribution in [0.3, 0.4) is 0 Å². The fourth-order valence-corrected chi connectivity index (χ4v) is 3.86. The van der Waals surface area contributed by atoms with Gasteiger partial charge in [-0.2, -0.15) is 0 Å². The summed E-state index contributed by atoms with van der Waals surface area (Å²) in [4.78, 5) is 22.9. The second-order valence-electron chi connectivity index (χ2n) is 5.93. The van der Waals surface area contributed by atoms with Gasteiger partial charge in [0, 0.05) is 0 Å². The lowest BCUT2D eigenvalue weighted by molar-refractivity contribution is -0.156. The first kappa shape index (κ1) is 10.3. The first-order chi connectivity index (χ1) is 7.64. The minimum Gasteiger partial charge on any atom is -0.393 e. The van der Waals surface area contributed by atoms with Crippen molar-refractivity contribution in [3.05, 3.63) is 0 Å². The van der Waals surface area contributed by atoms with Crippen LogP contribution >= 0.6 is 0 Å². The van der Waals surface area contributed by atoms with Crippen molar-refractivity contribution < 1.29 is 14.3 Å². The standard InChI is InChI=1S/C13H18O3/c14-10-9-13(11(15)16-10)7-5-12(6-8-13)3-1-2-4-12/h1-9H2. The van der Waals surface area contributed by atoms with E-state index in [1.165, 1.54) is 25.7 Å². The van der Waals surface area contributed by atoms with Crippen LogP contribution in [0, 0.1) is 10.8 Å². The molecule has 16 heavy (non-hydrogen) atoms. The minimum absolute atomic E-state index is 0.245. The molecule has 2 saturated carbocycles. The largest absolute Gasteiger partial charge is 0.393 e. The third-order valence-electron chi connectivity index (χ3n) is 5.05. The van der Waals surface area contributed by atoms with Crippen LogP contribution in [-0.4, -0.2) is 11.9 Å². The summed E-state index contributed by atoms with van der Waals surface area (Å²) < 4.78 is 4.73. The highest BCUT2D eigenvalue weighted by atomic mass is 16.6. The number of ether oxygens (including phenoxy) is 1. The van der Waals surface area contributed by atoms with E-state index in [-0.39, 0.29) is 11.9 Å². The van der Waals surface area contributed by atoms with Crippen molar-refractivity contribution in [2.75, 3.05) is 0 Å². The minimum atomic E-state index is -0.426. The lowest BCUT2D eigenvalue weighted by Gasteiger charge is -2.40. The third kappa shape index (κ3) is 1.40. The Kier molecular flexibility index (Phi) is 2.13. The molecule has 0 amide bonds. The van der Waals surface area contributed by atoms with Crippen LogP contribution in [0.4, 0.5) is 0 Å². The van der Waals surface area contributed by atoms with Crippen molar-refractivity contribution in [1.82, 2.24) is 0 Å². The van der Waals surface area contributed by atoms with Gasteiger partial charge in [-0.05, 0) is 43.9 Å². The molecule has 0 aromatic heterocycles. The molecule has 0 aromatic carbocycles. The van der Waals surface area contributed by atoms with Crippen LogP contribution in [0.5, 0.6) is 0 Å². The highest BCUT2D eigenvalue weighted by Crippen LogP contribution is 2.56. The average Bonchev–Trinajstić information content (AvgIpc) is 2.80. The normalized spacial score (nSPS) is 31.2. The van der Waals surface area contributed by atoms with E-state index < -0.39 is 5.41 Å². The molecule has 1 heterocycles. The van der Waals surface area contributed by atoms with Gasteiger partial charge in [0.05, 0.1) is 11.8 Å². The van der Waals surface area contributed by atoms with Gasteiger partial charge in [0.1, 0.15) is 0 Å². The van der Waals surface area contributed by atoms with Crippen molar-refractivity contribution in [3.8, 4) is 0 Å². The highest BCUT2D eigenvalue weighted by molar-refractivity contribution is 5.97. The van der Waals surface area contributed by atoms with Gasteiger partial charge in [-0.3, -0.25) is 9.59 Å². The molecule has 3 rings (SSSR count). The lowest BCUT2D eigenvalue weighted by Crippen LogP contribution is -2.36. The van der Waals surface area contributed by atoms with Gasteiger partial charge in [0.2, 0.25) is 0 Å². The summed E-state index contributed by atoms with van der Waals surface area (Å²) in [5, 5.41) is 0.